The molecular weight excluding hydrogens is 352 g/mol. The van der Waals surface area contributed by atoms with E-state index in [1.54, 1.807) is 25.1 Å². The van der Waals surface area contributed by atoms with Crippen molar-refractivity contribution in [1.82, 2.24) is 5.32 Å². The minimum atomic E-state index is -4.44. The zero-order valence-electron chi connectivity index (χ0n) is 14.2. The molecule has 0 aliphatic carbocycles. The number of alkyl halides is 3. The van der Waals surface area contributed by atoms with Crippen molar-refractivity contribution in [3.05, 3.63) is 65.5 Å². The zero-order chi connectivity index (χ0) is 19.4. The van der Waals surface area contributed by atoms with Gasteiger partial charge in [-0.2, -0.15) is 13.2 Å². The summed E-state index contributed by atoms with van der Waals surface area (Å²) in [5, 5.41) is 4.95. The average Bonchev–Trinajstić information content (AvgIpc) is 2.60. The zero-order valence-corrected chi connectivity index (χ0v) is 14.2. The molecule has 1 unspecified atom stereocenters. The Labute approximate surface area is 148 Å². The first kappa shape index (κ1) is 19.7. The molecule has 2 rings (SSSR count). The van der Waals surface area contributed by atoms with E-state index >= 15 is 0 Å². The number of nitrogens with one attached hydrogen (secondary N) is 2. The van der Waals surface area contributed by atoms with E-state index < -0.39 is 29.2 Å². The molecule has 0 aliphatic heterocycles. The predicted octanol–water partition coefficient (Wildman–Crippen LogP) is 4.53. The number of halogens is 4. The predicted molar refractivity (Wildman–Crippen MR) is 89.2 cm³/mol. The van der Waals surface area contributed by atoms with E-state index in [-0.39, 0.29) is 17.8 Å². The first-order valence-corrected chi connectivity index (χ1v) is 7.68. The van der Waals surface area contributed by atoms with Gasteiger partial charge in [-0.25, -0.2) is 9.18 Å². The molecular formula is C18H18F4N2O2. The summed E-state index contributed by atoms with van der Waals surface area (Å²) in [7, 11) is 1.39. The molecule has 140 valence electrons. The minimum absolute atomic E-state index is 0.0447. The highest BCUT2D eigenvalue weighted by Gasteiger charge is 2.31. The van der Waals surface area contributed by atoms with Crippen LogP contribution in [0, 0.1) is 5.82 Å². The number of hydrogen-bond acceptors (Lipinski definition) is 2. The van der Waals surface area contributed by atoms with E-state index in [2.05, 4.69) is 10.6 Å². The number of benzene rings is 2. The third kappa shape index (κ3) is 4.72. The molecule has 0 spiro atoms. The number of ether oxygens (including phenoxy) is 1. The number of methoxy groups -OCH3 is 1. The normalized spacial score (nSPS) is 13.8. The van der Waals surface area contributed by atoms with E-state index in [4.69, 9.17) is 4.74 Å². The highest BCUT2D eigenvalue weighted by atomic mass is 19.4. The van der Waals surface area contributed by atoms with Crippen LogP contribution in [0.4, 0.5) is 28.0 Å². The lowest BCUT2D eigenvalue weighted by atomic mass is 9.95. The van der Waals surface area contributed by atoms with Crippen molar-refractivity contribution < 1.29 is 27.1 Å². The summed E-state index contributed by atoms with van der Waals surface area (Å²) in [6.45, 7) is 1.57. The molecule has 26 heavy (non-hydrogen) atoms. The molecule has 0 heterocycles. The number of anilines is 1. The maximum absolute atomic E-state index is 14.0. The molecule has 2 aromatic carbocycles. The van der Waals surface area contributed by atoms with Crippen LogP contribution in [0.3, 0.4) is 0 Å². The van der Waals surface area contributed by atoms with Crippen molar-refractivity contribution in [2.24, 2.45) is 0 Å². The van der Waals surface area contributed by atoms with Crippen LogP contribution in [-0.2, 0) is 16.5 Å². The van der Waals surface area contributed by atoms with Crippen LogP contribution in [0.1, 0.15) is 18.1 Å². The molecule has 0 saturated carbocycles. The van der Waals surface area contributed by atoms with Crippen LogP contribution in [0.25, 0.3) is 0 Å². The topological polar surface area (TPSA) is 50.4 Å². The SMILES string of the molecule is COC(C)(CNC(=O)Nc1ccc(C(F)(F)F)cc1)c1ccccc1F. The Hall–Kier alpha value is -2.61. The van der Waals surface area contributed by atoms with Gasteiger partial charge in [-0.15, -0.1) is 0 Å². The molecule has 0 bridgehead atoms. The van der Waals surface area contributed by atoms with Crippen molar-refractivity contribution in [3.8, 4) is 0 Å². The van der Waals surface area contributed by atoms with Gasteiger partial charge in [-0.05, 0) is 37.3 Å². The fourth-order valence-corrected chi connectivity index (χ4v) is 2.33. The molecule has 1 atom stereocenters. The van der Waals surface area contributed by atoms with Gasteiger partial charge in [0.25, 0.3) is 0 Å². The van der Waals surface area contributed by atoms with E-state index in [1.165, 1.54) is 13.2 Å². The fourth-order valence-electron chi connectivity index (χ4n) is 2.33. The molecule has 0 aromatic heterocycles. The second-order valence-electron chi connectivity index (χ2n) is 5.80. The summed E-state index contributed by atoms with van der Waals surface area (Å²) < 4.78 is 56.9. The van der Waals surface area contributed by atoms with Crippen molar-refractivity contribution in [2.75, 3.05) is 19.0 Å². The first-order valence-electron chi connectivity index (χ1n) is 7.68. The van der Waals surface area contributed by atoms with Crippen LogP contribution >= 0.6 is 0 Å². The number of amides is 2. The van der Waals surface area contributed by atoms with E-state index in [0.717, 1.165) is 24.3 Å². The molecule has 2 N–H and O–H groups in total. The minimum Gasteiger partial charge on any atom is -0.372 e. The van der Waals surface area contributed by atoms with Crippen LogP contribution in [0.5, 0.6) is 0 Å². The fraction of sp³-hybridized carbons (Fsp3) is 0.278. The quantitative estimate of drug-likeness (QED) is 0.760. The lowest BCUT2D eigenvalue weighted by molar-refractivity contribution is -0.137. The lowest BCUT2D eigenvalue weighted by Gasteiger charge is -2.29. The monoisotopic (exact) mass is 370 g/mol. The van der Waals surface area contributed by atoms with Crippen LogP contribution in [0.2, 0.25) is 0 Å². The Balaban J connectivity index is 2.00. The van der Waals surface area contributed by atoms with Crippen molar-refractivity contribution in [3.63, 3.8) is 0 Å². The Bertz CT molecular complexity index is 763. The smallest absolute Gasteiger partial charge is 0.372 e. The van der Waals surface area contributed by atoms with E-state index in [1.807, 2.05) is 0 Å². The molecule has 4 nitrogen and oxygen atoms in total. The largest absolute Gasteiger partial charge is 0.416 e. The lowest BCUT2D eigenvalue weighted by Crippen LogP contribution is -2.42. The van der Waals surface area contributed by atoms with Gasteiger partial charge < -0.3 is 15.4 Å². The second-order valence-corrected chi connectivity index (χ2v) is 5.80. The number of rotatable bonds is 5. The molecule has 0 saturated heterocycles. The molecule has 2 amide bonds. The Kier molecular flexibility index (Phi) is 5.86. The number of carbonyl (C=O) groups excluding carboxylic acids is 1. The summed E-state index contributed by atoms with van der Waals surface area (Å²) in [6, 6.07) is 9.41. The molecule has 0 fully saturated rings. The van der Waals surface area contributed by atoms with Crippen molar-refractivity contribution in [1.29, 1.82) is 0 Å². The van der Waals surface area contributed by atoms with Gasteiger partial charge in [0.05, 0.1) is 12.1 Å². The van der Waals surface area contributed by atoms with Gasteiger partial charge in [0, 0.05) is 18.4 Å². The van der Waals surface area contributed by atoms with Crippen LogP contribution < -0.4 is 10.6 Å². The third-order valence-corrected chi connectivity index (χ3v) is 3.95. The van der Waals surface area contributed by atoms with E-state index in [0.29, 0.717) is 0 Å². The Morgan fingerprint density at radius 2 is 1.69 bits per heavy atom. The van der Waals surface area contributed by atoms with Gasteiger partial charge in [-0.3, -0.25) is 0 Å². The molecule has 8 heteroatoms. The molecule has 0 radical (unpaired) electrons. The Morgan fingerprint density at radius 1 is 1.08 bits per heavy atom. The second kappa shape index (κ2) is 7.74. The van der Waals surface area contributed by atoms with Crippen molar-refractivity contribution in [2.45, 2.75) is 18.7 Å². The number of carbonyl (C=O) groups is 1. The summed E-state index contributed by atoms with van der Waals surface area (Å²) in [5.41, 5.74) is -1.45. The van der Waals surface area contributed by atoms with Crippen LogP contribution in [0.15, 0.2) is 48.5 Å². The van der Waals surface area contributed by atoms with Gasteiger partial charge in [0.1, 0.15) is 11.4 Å². The highest BCUT2D eigenvalue weighted by molar-refractivity contribution is 5.89. The Morgan fingerprint density at radius 3 is 2.23 bits per heavy atom. The highest BCUT2D eigenvalue weighted by Crippen LogP contribution is 2.30. The van der Waals surface area contributed by atoms with Gasteiger partial charge in [0.2, 0.25) is 0 Å². The summed E-state index contributed by atoms with van der Waals surface area (Å²) >= 11 is 0. The van der Waals surface area contributed by atoms with Crippen molar-refractivity contribution >= 4 is 11.7 Å². The van der Waals surface area contributed by atoms with Crippen LogP contribution in [-0.4, -0.2) is 19.7 Å². The molecule has 2 aromatic rings. The van der Waals surface area contributed by atoms with Gasteiger partial charge in [0.15, 0.2) is 0 Å². The third-order valence-electron chi connectivity index (χ3n) is 3.95. The van der Waals surface area contributed by atoms with Gasteiger partial charge in [-0.1, -0.05) is 18.2 Å². The van der Waals surface area contributed by atoms with Gasteiger partial charge >= 0.3 is 12.2 Å². The summed E-state index contributed by atoms with van der Waals surface area (Å²) in [4.78, 5) is 12.0. The average molecular weight is 370 g/mol. The summed E-state index contributed by atoms with van der Waals surface area (Å²) in [6.07, 6.45) is -4.44. The molecule has 0 aliphatic rings. The number of urea groups is 1. The number of hydrogen-bond donors (Lipinski definition) is 2. The standard InChI is InChI=1S/C18H18F4N2O2/c1-17(26-2,14-5-3-4-6-15(14)19)11-23-16(25)24-13-9-7-12(8-10-13)18(20,21)22/h3-10H,11H2,1-2H3,(H2,23,24,25). The maximum atomic E-state index is 14.0. The summed E-state index contributed by atoms with van der Waals surface area (Å²) in [5.74, 6) is -0.471. The van der Waals surface area contributed by atoms with E-state index in [9.17, 15) is 22.4 Å². The first-order chi connectivity index (χ1) is 12.2. The maximum Gasteiger partial charge on any atom is 0.416 e.